The highest BCUT2D eigenvalue weighted by atomic mass is 19.1. The Bertz CT molecular complexity index is 373. The van der Waals surface area contributed by atoms with E-state index in [2.05, 4.69) is 38.0 Å². The summed E-state index contributed by atoms with van der Waals surface area (Å²) in [5, 5.41) is 3.59. The fraction of sp³-hybridized carbons (Fsp3) is 0.706. The van der Waals surface area contributed by atoms with Gasteiger partial charge in [0, 0.05) is 12.6 Å². The summed E-state index contributed by atoms with van der Waals surface area (Å²) in [6.07, 6.45) is 7.36. The van der Waals surface area contributed by atoms with Gasteiger partial charge in [-0.05, 0) is 30.4 Å². The second-order valence-electron chi connectivity index (χ2n) is 6.36. The Hall–Kier alpha value is -0.960. The second-order valence-corrected chi connectivity index (χ2v) is 6.36. The van der Waals surface area contributed by atoms with Crippen molar-refractivity contribution in [3.05, 3.63) is 29.8 Å². The molecule has 114 valence electrons. The van der Waals surface area contributed by atoms with Crippen LogP contribution in [0.25, 0.3) is 0 Å². The van der Waals surface area contributed by atoms with Gasteiger partial charge >= 0.3 is 0 Å². The average Bonchev–Trinajstić information content (AvgIpc) is 2.41. The molecule has 0 aliphatic heterocycles. The van der Waals surface area contributed by atoms with E-state index in [0.717, 1.165) is 18.7 Å². The summed E-state index contributed by atoms with van der Waals surface area (Å²) in [5.41, 5.74) is 1.22. The SMILES string of the molecule is CCCCCC(C)(C)CNC(CC)c1ccc(F)cn1. The Kier molecular flexibility index (Phi) is 7.14. The Morgan fingerprint density at radius 3 is 2.55 bits per heavy atom. The minimum absolute atomic E-state index is 0.209. The number of hydrogen-bond donors (Lipinski definition) is 1. The maximum Gasteiger partial charge on any atom is 0.141 e. The van der Waals surface area contributed by atoms with Gasteiger partial charge in [-0.2, -0.15) is 0 Å². The van der Waals surface area contributed by atoms with E-state index in [1.165, 1.54) is 37.9 Å². The third kappa shape index (κ3) is 6.00. The number of pyridine rings is 1. The molecule has 1 N–H and O–H groups in total. The monoisotopic (exact) mass is 280 g/mol. The highest BCUT2D eigenvalue weighted by Crippen LogP contribution is 2.24. The van der Waals surface area contributed by atoms with Crippen molar-refractivity contribution in [1.82, 2.24) is 10.3 Å². The number of aromatic nitrogens is 1. The number of nitrogens with one attached hydrogen (secondary N) is 1. The lowest BCUT2D eigenvalue weighted by Gasteiger charge is -2.28. The number of hydrogen-bond acceptors (Lipinski definition) is 2. The first kappa shape index (κ1) is 17.1. The van der Waals surface area contributed by atoms with Crippen LogP contribution in [0, 0.1) is 11.2 Å². The Labute approximate surface area is 123 Å². The zero-order chi connectivity index (χ0) is 15.0. The largest absolute Gasteiger partial charge is 0.308 e. The second kappa shape index (κ2) is 8.35. The van der Waals surface area contributed by atoms with Crippen LogP contribution >= 0.6 is 0 Å². The molecule has 0 fully saturated rings. The van der Waals surface area contributed by atoms with Gasteiger partial charge in [0.15, 0.2) is 0 Å². The topological polar surface area (TPSA) is 24.9 Å². The fourth-order valence-corrected chi connectivity index (χ4v) is 2.39. The van der Waals surface area contributed by atoms with Crippen molar-refractivity contribution in [1.29, 1.82) is 0 Å². The Morgan fingerprint density at radius 2 is 2.00 bits per heavy atom. The maximum absolute atomic E-state index is 12.9. The molecule has 0 saturated heterocycles. The molecule has 1 rings (SSSR count). The molecular weight excluding hydrogens is 251 g/mol. The molecular formula is C17H29FN2. The van der Waals surface area contributed by atoms with Crippen LogP contribution in [0.15, 0.2) is 18.3 Å². The minimum atomic E-state index is -0.275. The molecule has 1 aromatic heterocycles. The van der Waals surface area contributed by atoms with Crippen LogP contribution in [-0.2, 0) is 0 Å². The molecule has 0 bridgehead atoms. The normalized spacial score (nSPS) is 13.4. The summed E-state index contributed by atoms with van der Waals surface area (Å²) in [4.78, 5) is 4.19. The van der Waals surface area contributed by atoms with Crippen LogP contribution in [0.3, 0.4) is 0 Å². The lowest BCUT2D eigenvalue weighted by atomic mass is 9.86. The van der Waals surface area contributed by atoms with Crippen LogP contribution in [0.4, 0.5) is 4.39 Å². The van der Waals surface area contributed by atoms with Crippen molar-refractivity contribution in [2.45, 2.75) is 65.8 Å². The standard InChI is InChI=1S/C17H29FN2/c1-5-7-8-11-17(3,4)13-20-15(6-2)16-10-9-14(18)12-19-16/h9-10,12,15,20H,5-8,11,13H2,1-4H3. The van der Waals surface area contributed by atoms with Gasteiger partial charge in [-0.15, -0.1) is 0 Å². The molecule has 1 aromatic rings. The summed E-state index contributed by atoms with van der Waals surface area (Å²) < 4.78 is 12.9. The van der Waals surface area contributed by atoms with E-state index in [4.69, 9.17) is 0 Å². The first-order valence-electron chi connectivity index (χ1n) is 7.83. The number of nitrogens with zero attached hydrogens (tertiary/aromatic N) is 1. The Morgan fingerprint density at radius 1 is 1.25 bits per heavy atom. The van der Waals surface area contributed by atoms with Crippen LogP contribution in [0.5, 0.6) is 0 Å². The zero-order valence-corrected chi connectivity index (χ0v) is 13.4. The van der Waals surface area contributed by atoms with Gasteiger partial charge in [0.05, 0.1) is 11.9 Å². The van der Waals surface area contributed by atoms with Gasteiger partial charge in [0.2, 0.25) is 0 Å². The van der Waals surface area contributed by atoms with Crippen molar-refractivity contribution in [3.8, 4) is 0 Å². The molecule has 1 unspecified atom stereocenters. The van der Waals surface area contributed by atoms with E-state index < -0.39 is 0 Å². The van der Waals surface area contributed by atoms with E-state index in [1.54, 1.807) is 6.07 Å². The molecule has 0 spiro atoms. The van der Waals surface area contributed by atoms with Gasteiger partial charge in [0.25, 0.3) is 0 Å². The predicted octanol–water partition coefficient (Wildman–Crippen LogP) is 4.87. The van der Waals surface area contributed by atoms with Crippen molar-refractivity contribution >= 4 is 0 Å². The van der Waals surface area contributed by atoms with Crippen LogP contribution in [0.2, 0.25) is 0 Å². The van der Waals surface area contributed by atoms with E-state index >= 15 is 0 Å². The summed E-state index contributed by atoms with van der Waals surface area (Å²) in [5.74, 6) is -0.275. The summed E-state index contributed by atoms with van der Waals surface area (Å²) >= 11 is 0. The quantitative estimate of drug-likeness (QED) is 0.653. The van der Waals surface area contributed by atoms with Crippen molar-refractivity contribution in [2.75, 3.05) is 6.54 Å². The van der Waals surface area contributed by atoms with E-state index in [9.17, 15) is 4.39 Å². The smallest absolute Gasteiger partial charge is 0.141 e. The number of rotatable bonds is 9. The third-order valence-electron chi connectivity index (χ3n) is 3.80. The van der Waals surface area contributed by atoms with Gasteiger partial charge in [-0.3, -0.25) is 4.98 Å². The third-order valence-corrected chi connectivity index (χ3v) is 3.80. The number of halogens is 1. The highest BCUT2D eigenvalue weighted by Gasteiger charge is 2.19. The zero-order valence-electron chi connectivity index (χ0n) is 13.4. The molecule has 0 aliphatic rings. The van der Waals surface area contributed by atoms with Gasteiger partial charge < -0.3 is 5.32 Å². The molecule has 0 aromatic carbocycles. The molecule has 0 saturated carbocycles. The fourth-order valence-electron chi connectivity index (χ4n) is 2.39. The maximum atomic E-state index is 12.9. The van der Waals surface area contributed by atoms with E-state index in [1.807, 2.05) is 0 Å². The summed E-state index contributed by atoms with van der Waals surface area (Å²) in [7, 11) is 0. The minimum Gasteiger partial charge on any atom is -0.308 e. The first-order valence-corrected chi connectivity index (χ1v) is 7.83. The first-order chi connectivity index (χ1) is 9.48. The van der Waals surface area contributed by atoms with Gasteiger partial charge in [0.1, 0.15) is 5.82 Å². The van der Waals surface area contributed by atoms with Crippen molar-refractivity contribution in [2.24, 2.45) is 5.41 Å². The van der Waals surface area contributed by atoms with Crippen molar-refractivity contribution < 1.29 is 4.39 Å². The molecule has 0 aliphatic carbocycles. The van der Waals surface area contributed by atoms with E-state index in [0.29, 0.717) is 5.41 Å². The van der Waals surface area contributed by atoms with Crippen LogP contribution < -0.4 is 5.32 Å². The summed E-state index contributed by atoms with van der Waals surface area (Å²) in [6.45, 7) is 9.95. The van der Waals surface area contributed by atoms with Gasteiger partial charge in [-0.25, -0.2) is 4.39 Å². The molecule has 1 heterocycles. The average molecular weight is 280 g/mol. The molecule has 20 heavy (non-hydrogen) atoms. The lowest BCUT2D eigenvalue weighted by Crippen LogP contribution is -2.32. The van der Waals surface area contributed by atoms with Crippen LogP contribution in [0.1, 0.15) is 71.5 Å². The highest BCUT2D eigenvalue weighted by molar-refractivity contribution is 5.09. The van der Waals surface area contributed by atoms with Gasteiger partial charge in [-0.1, -0.05) is 47.0 Å². The molecule has 0 amide bonds. The lowest BCUT2D eigenvalue weighted by molar-refractivity contribution is 0.284. The predicted molar refractivity (Wildman–Crippen MR) is 83.2 cm³/mol. The van der Waals surface area contributed by atoms with E-state index in [-0.39, 0.29) is 11.9 Å². The molecule has 3 heteroatoms. The Balaban J connectivity index is 2.50. The molecule has 1 atom stereocenters. The molecule has 0 radical (unpaired) electrons. The van der Waals surface area contributed by atoms with Crippen LogP contribution in [-0.4, -0.2) is 11.5 Å². The number of unbranched alkanes of at least 4 members (excludes halogenated alkanes) is 2. The van der Waals surface area contributed by atoms with Crippen molar-refractivity contribution in [3.63, 3.8) is 0 Å². The summed E-state index contributed by atoms with van der Waals surface area (Å²) in [6, 6.07) is 3.47. The molecule has 2 nitrogen and oxygen atoms in total.